The summed E-state index contributed by atoms with van der Waals surface area (Å²) in [7, 11) is 0. The van der Waals surface area contributed by atoms with Crippen LogP contribution < -0.4 is 10.6 Å². The van der Waals surface area contributed by atoms with Crippen LogP contribution in [0.25, 0.3) is 11.4 Å². The number of benzene rings is 1. The van der Waals surface area contributed by atoms with Gasteiger partial charge in [0.25, 0.3) is 5.91 Å². The molecule has 2 aromatic rings. The molecule has 0 bridgehead atoms. The van der Waals surface area contributed by atoms with E-state index in [-0.39, 0.29) is 30.8 Å². The zero-order chi connectivity index (χ0) is 22.1. The van der Waals surface area contributed by atoms with Crippen molar-refractivity contribution in [2.45, 2.75) is 69.9 Å². The summed E-state index contributed by atoms with van der Waals surface area (Å²) in [5, 5.41) is 14.5. The number of aromatic nitrogens is 3. The van der Waals surface area contributed by atoms with E-state index >= 15 is 0 Å². The molecule has 0 radical (unpaired) electrons. The summed E-state index contributed by atoms with van der Waals surface area (Å²) in [6, 6.07) is 7.17. The molecule has 1 aromatic heterocycles. The lowest BCUT2D eigenvalue weighted by Crippen LogP contribution is -2.44. The second kappa shape index (κ2) is 8.37. The van der Waals surface area contributed by atoms with Crippen LogP contribution in [0.5, 0.6) is 0 Å². The first-order chi connectivity index (χ1) is 15.6. The van der Waals surface area contributed by atoms with Crippen LogP contribution in [0.4, 0.5) is 10.5 Å². The van der Waals surface area contributed by atoms with Gasteiger partial charge in [-0.3, -0.25) is 14.5 Å². The Morgan fingerprint density at radius 2 is 1.94 bits per heavy atom. The normalized spacial score (nSPS) is 19.7. The summed E-state index contributed by atoms with van der Waals surface area (Å²) >= 11 is 0. The first-order valence-corrected chi connectivity index (χ1v) is 11.5. The number of hydrogen-bond donors (Lipinski definition) is 2. The minimum atomic E-state index is -0.738. The molecule has 3 heterocycles. The van der Waals surface area contributed by atoms with Gasteiger partial charge in [-0.15, -0.1) is 10.2 Å². The van der Waals surface area contributed by atoms with E-state index in [1.165, 1.54) is 11.3 Å². The Balaban J connectivity index is 1.23. The van der Waals surface area contributed by atoms with Crippen molar-refractivity contribution >= 4 is 23.5 Å². The highest BCUT2D eigenvalue weighted by Gasteiger charge is 2.52. The molecule has 1 aromatic carbocycles. The van der Waals surface area contributed by atoms with Crippen molar-refractivity contribution in [3.05, 3.63) is 30.1 Å². The number of carbonyl (C=O) groups is 3. The topological polar surface area (TPSA) is 109 Å². The monoisotopic (exact) mass is 436 g/mol. The van der Waals surface area contributed by atoms with Crippen molar-refractivity contribution < 1.29 is 14.4 Å². The molecule has 0 atom stereocenters. The Labute approximate surface area is 186 Å². The van der Waals surface area contributed by atoms with Crippen LogP contribution in [0.3, 0.4) is 0 Å². The first kappa shape index (κ1) is 20.7. The highest BCUT2D eigenvalue weighted by molar-refractivity contribution is 6.07. The first-order valence-electron chi connectivity index (χ1n) is 11.5. The van der Waals surface area contributed by atoms with Gasteiger partial charge in [-0.05, 0) is 37.8 Å². The van der Waals surface area contributed by atoms with Gasteiger partial charge < -0.3 is 15.2 Å². The highest BCUT2D eigenvalue weighted by atomic mass is 16.2. The van der Waals surface area contributed by atoms with E-state index < -0.39 is 5.54 Å². The second-order valence-electron chi connectivity index (χ2n) is 8.96. The number of rotatable bonds is 5. The molecule has 0 unspecified atom stereocenters. The lowest BCUT2D eigenvalue weighted by atomic mass is 9.98. The van der Waals surface area contributed by atoms with Gasteiger partial charge in [-0.25, -0.2) is 4.79 Å². The van der Waals surface area contributed by atoms with Gasteiger partial charge in [0.15, 0.2) is 5.82 Å². The number of amides is 4. The maximum Gasteiger partial charge on any atom is 0.325 e. The summed E-state index contributed by atoms with van der Waals surface area (Å²) in [4.78, 5) is 38.8. The number of fused-ring (bicyclic) bond motifs is 1. The average molecular weight is 437 g/mol. The zero-order valence-electron chi connectivity index (χ0n) is 18.1. The molecule has 1 spiro atoms. The van der Waals surface area contributed by atoms with Crippen LogP contribution >= 0.6 is 0 Å². The number of urea groups is 1. The maximum absolute atomic E-state index is 12.7. The summed E-state index contributed by atoms with van der Waals surface area (Å²) < 4.78 is 2.17. The molecule has 9 heteroatoms. The number of nitrogens with zero attached hydrogens (tertiary/aromatic N) is 4. The van der Waals surface area contributed by atoms with Gasteiger partial charge >= 0.3 is 6.03 Å². The van der Waals surface area contributed by atoms with Gasteiger partial charge in [0.2, 0.25) is 5.91 Å². The highest BCUT2D eigenvalue weighted by Crippen LogP contribution is 2.35. The predicted octanol–water partition coefficient (Wildman–Crippen LogP) is 2.86. The molecule has 32 heavy (non-hydrogen) atoms. The third-order valence-electron chi connectivity index (χ3n) is 6.78. The fourth-order valence-corrected chi connectivity index (χ4v) is 5.07. The molecule has 5 rings (SSSR count). The SMILES string of the molecule is O=C(CCN1C(=O)NC2(CCCC2)C1=O)Nc1cccc(-c2nnc3n2CCCCC3)c1. The van der Waals surface area contributed by atoms with Crippen LogP contribution in [-0.2, 0) is 22.6 Å². The maximum atomic E-state index is 12.7. The molecule has 1 saturated heterocycles. The van der Waals surface area contributed by atoms with Crippen molar-refractivity contribution in [3.8, 4) is 11.4 Å². The average Bonchev–Trinajstić information content (AvgIpc) is 3.42. The largest absolute Gasteiger partial charge is 0.326 e. The van der Waals surface area contributed by atoms with Gasteiger partial charge in [0.1, 0.15) is 11.4 Å². The van der Waals surface area contributed by atoms with Crippen molar-refractivity contribution in [1.82, 2.24) is 25.0 Å². The molecule has 3 aliphatic rings. The molecular weight excluding hydrogens is 408 g/mol. The van der Waals surface area contributed by atoms with E-state index in [0.717, 1.165) is 55.9 Å². The molecule has 2 fully saturated rings. The second-order valence-corrected chi connectivity index (χ2v) is 8.96. The Morgan fingerprint density at radius 3 is 2.78 bits per heavy atom. The number of aryl methyl sites for hydroxylation is 1. The Bertz CT molecular complexity index is 1060. The summed E-state index contributed by atoms with van der Waals surface area (Å²) in [6.07, 6.45) is 7.66. The van der Waals surface area contributed by atoms with Crippen molar-refractivity contribution in [2.24, 2.45) is 0 Å². The lowest BCUT2D eigenvalue weighted by molar-refractivity contribution is -0.131. The van der Waals surface area contributed by atoms with Crippen LogP contribution in [0.15, 0.2) is 24.3 Å². The Hall–Kier alpha value is -3.23. The number of imide groups is 1. The van der Waals surface area contributed by atoms with Gasteiger partial charge in [0, 0.05) is 37.2 Å². The summed E-state index contributed by atoms with van der Waals surface area (Å²) in [6.45, 7) is 0.983. The van der Waals surface area contributed by atoms with E-state index in [0.29, 0.717) is 18.5 Å². The zero-order valence-corrected chi connectivity index (χ0v) is 18.1. The van der Waals surface area contributed by atoms with E-state index in [2.05, 4.69) is 25.4 Å². The molecular formula is C23H28N6O3. The van der Waals surface area contributed by atoms with Crippen LogP contribution in [0.2, 0.25) is 0 Å². The Kier molecular flexibility index (Phi) is 5.40. The van der Waals surface area contributed by atoms with Crippen LogP contribution in [-0.4, -0.2) is 49.6 Å². The van der Waals surface area contributed by atoms with E-state index in [1.807, 2.05) is 24.3 Å². The molecule has 1 aliphatic carbocycles. The fourth-order valence-electron chi connectivity index (χ4n) is 5.07. The van der Waals surface area contributed by atoms with Crippen molar-refractivity contribution in [3.63, 3.8) is 0 Å². The summed E-state index contributed by atoms with van der Waals surface area (Å²) in [5.41, 5.74) is 0.821. The Morgan fingerprint density at radius 1 is 1.09 bits per heavy atom. The van der Waals surface area contributed by atoms with Gasteiger partial charge in [-0.2, -0.15) is 0 Å². The van der Waals surface area contributed by atoms with Crippen molar-refractivity contribution in [1.29, 1.82) is 0 Å². The standard InChI is InChI=1S/C23H28N6O3/c30-19(10-14-29-21(31)23(25-22(29)32)11-3-4-12-23)24-17-8-6-7-16(15-17)20-27-26-18-9-2-1-5-13-28(18)20/h6-8,15H,1-5,9-14H2,(H,24,30)(H,25,32). The third-order valence-corrected chi connectivity index (χ3v) is 6.78. The molecule has 1 saturated carbocycles. The smallest absolute Gasteiger partial charge is 0.325 e. The number of hydrogen-bond acceptors (Lipinski definition) is 5. The number of nitrogens with one attached hydrogen (secondary N) is 2. The van der Waals surface area contributed by atoms with Crippen molar-refractivity contribution in [2.75, 3.05) is 11.9 Å². The summed E-state index contributed by atoms with van der Waals surface area (Å²) in [5.74, 6) is 1.40. The fraction of sp³-hybridized carbons (Fsp3) is 0.522. The molecule has 9 nitrogen and oxygen atoms in total. The number of anilines is 1. The third kappa shape index (κ3) is 3.76. The molecule has 4 amide bonds. The minimum Gasteiger partial charge on any atom is -0.326 e. The molecule has 2 N–H and O–H groups in total. The van der Waals surface area contributed by atoms with E-state index in [1.54, 1.807) is 0 Å². The van der Waals surface area contributed by atoms with Crippen LogP contribution in [0, 0.1) is 0 Å². The van der Waals surface area contributed by atoms with Gasteiger partial charge in [-0.1, -0.05) is 31.4 Å². The molecule has 2 aliphatic heterocycles. The van der Waals surface area contributed by atoms with Crippen LogP contribution in [0.1, 0.15) is 57.2 Å². The number of carbonyl (C=O) groups excluding carboxylic acids is 3. The molecule has 168 valence electrons. The minimum absolute atomic E-state index is 0.0554. The van der Waals surface area contributed by atoms with E-state index in [9.17, 15) is 14.4 Å². The quantitative estimate of drug-likeness (QED) is 0.701. The van der Waals surface area contributed by atoms with Gasteiger partial charge in [0.05, 0.1) is 0 Å². The van der Waals surface area contributed by atoms with E-state index in [4.69, 9.17) is 0 Å². The lowest BCUT2D eigenvalue weighted by Gasteiger charge is -2.19. The predicted molar refractivity (Wildman–Crippen MR) is 118 cm³/mol.